The molecule has 4 nitrogen and oxygen atoms in total. The largest absolute Gasteiger partial charge is 0.493 e. The van der Waals surface area contributed by atoms with E-state index in [-0.39, 0.29) is 11.8 Å². The van der Waals surface area contributed by atoms with Crippen molar-refractivity contribution in [2.75, 3.05) is 14.2 Å². The molecule has 0 saturated carbocycles. The third-order valence-corrected chi connectivity index (χ3v) is 3.34. The zero-order chi connectivity index (χ0) is 15.1. The van der Waals surface area contributed by atoms with E-state index in [0.717, 1.165) is 12.0 Å². The number of methoxy groups -OCH3 is 2. The number of nitrogens with zero attached hydrogens (tertiary/aromatic N) is 1. The van der Waals surface area contributed by atoms with E-state index in [1.54, 1.807) is 25.3 Å². The highest BCUT2D eigenvalue weighted by atomic mass is 16.5. The fourth-order valence-electron chi connectivity index (χ4n) is 1.87. The SMILES string of the molecule is C=CN(Cc1ccc(OC)c(OC)c1)C(=O)C(C)CC. The highest BCUT2D eigenvalue weighted by Crippen LogP contribution is 2.28. The van der Waals surface area contributed by atoms with Crippen molar-refractivity contribution in [3.8, 4) is 11.5 Å². The lowest BCUT2D eigenvalue weighted by Gasteiger charge is -2.22. The Hall–Kier alpha value is -1.97. The van der Waals surface area contributed by atoms with Gasteiger partial charge in [-0.3, -0.25) is 4.79 Å². The molecule has 110 valence electrons. The minimum Gasteiger partial charge on any atom is -0.493 e. The van der Waals surface area contributed by atoms with Crippen molar-refractivity contribution in [3.63, 3.8) is 0 Å². The molecule has 1 aromatic carbocycles. The van der Waals surface area contributed by atoms with E-state index in [2.05, 4.69) is 6.58 Å². The van der Waals surface area contributed by atoms with Gasteiger partial charge in [0, 0.05) is 5.92 Å². The molecule has 0 aliphatic carbocycles. The summed E-state index contributed by atoms with van der Waals surface area (Å²) < 4.78 is 10.5. The van der Waals surface area contributed by atoms with Crippen LogP contribution in [0.4, 0.5) is 0 Å². The summed E-state index contributed by atoms with van der Waals surface area (Å²) in [6.45, 7) is 8.12. The number of amides is 1. The molecule has 0 N–H and O–H groups in total. The van der Waals surface area contributed by atoms with Gasteiger partial charge < -0.3 is 14.4 Å². The molecular weight excluding hydrogens is 254 g/mol. The fourth-order valence-corrected chi connectivity index (χ4v) is 1.87. The summed E-state index contributed by atoms with van der Waals surface area (Å²) in [6.07, 6.45) is 2.39. The quantitative estimate of drug-likeness (QED) is 0.768. The number of carbonyl (C=O) groups is 1. The summed E-state index contributed by atoms with van der Waals surface area (Å²) in [5.74, 6) is 1.41. The molecular formula is C16H23NO3. The predicted molar refractivity (Wildman–Crippen MR) is 79.7 cm³/mol. The van der Waals surface area contributed by atoms with Gasteiger partial charge in [-0.15, -0.1) is 0 Å². The Morgan fingerprint density at radius 1 is 1.35 bits per heavy atom. The van der Waals surface area contributed by atoms with Crippen LogP contribution >= 0.6 is 0 Å². The smallest absolute Gasteiger partial charge is 0.229 e. The zero-order valence-electron chi connectivity index (χ0n) is 12.7. The Bertz CT molecular complexity index is 471. The van der Waals surface area contributed by atoms with Gasteiger partial charge in [-0.1, -0.05) is 26.5 Å². The first kappa shape index (κ1) is 16.1. The molecule has 0 aromatic heterocycles. The highest BCUT2D eigenvalue weighted by Gasteiger charge is 2.17. The fraction of sp³-hybridized carbons (Fsp3) is 0.438. The van der Waals surface area contributed by atoms with Gasteiger partial charge in [0.15, 0.2) is 11.5 Å². The maximum atomic E-state index is 12.2. The van der Waals surface area contributed by atoms with Crippen molar-refractivity contribution in [2.45, 2.75) is 26.8 Å². The molecule has 1 rings (SSSR count). The van der Waals surface area contributed by atoms with E-state index in [4.69, 9.17) is 9.47 Å². The first-order chi connectivity index (χ1) is 9.57. The Labute approximate surface area is 121 Å². The number of hydrogen-bond donors (Lipinski definition) is 0. The maximum absolute atomic E-state index is 12.2. The van der Waals surface area contributed by atoms with Gasteiger partial charge in [-0.05, 0) is 30.3 Å². The minimum absolute atomic E-state index is 0.00635. The Kier molecular flexibility index (Phi) is 6.10. The van der Waals surface area contributed by atoms with Gasteiger partial charge in [-0.25, -0.2) is 0 Å². The monoisotopic (exact) mass is 277 g/mol. The minimum atomic E-state index is -0.00635. The van der Waals surface area contributed by atoms with E-state index in [1.807, 2.05) is 32.0 Å². The third-order valence-electron chi connectivity index (χ3n) is 3.34. The van der Waals surface area contributed by atoms with Crippen LogP contribution in [0.15, 0.2) is 31.0 Å². The van der Waals surface area contributed by atoms with Crippen molar-refractivity contribution in [1.82, 2.24) is 4.90 Å². The average molecular weight is 277 g/mol. The molecule has 4 heteroatoms. The Morgan fingerprint density at radius 2 is 2.00 bits per heavy atom. The number of hydrogen-bond acceptors (Lipinski definition) is 3. The summed E-state index contributed by atoms with van der Waals surface area (Å²) in [7, 11) is 3.19. The third kappa shape index (κ3) is 3.76. The van der Waals surface area contributed by atoms with Gasteiger partial charge in [0.1, 0.15) is 0 Å². The molecule has 0 aliphatic heterocycles. The lowest BCUT2D eigenvalue weighted by atomic mass is 10.1. The van der Waals surface area contributed by atoms with Crippen LogP contribution in [0.3, 0.4) is 0 Å². The average Bonchev–Trinajstić information content (AvgIpc) is 2.50. The van der Waals surface area contributed by atoms with Gasteiger partial charge in [0.25, 0.3) is 0 Å². The molecule has 0 bridgehead atoms. The van der Waals surface area contributed by atoms with Gasteiger partial charge in [0.2, 0.25) is 5.91 Å². The summed E-state index contributed by atoms with van der Waals surface area (Å²) in [6, 6.07) is 5.63. The van der Waals surface area contributed by atoms with E-state index < -0.39 is 0 Å². The highest BCUT2D eigenvalue weighted by molar-refractivity contribution is 5.79. The van der Waals surface area contributed by atoms with Crippen LogP contribution in [0.25, 0.3) is 0 Å². The number of carbonyl (C=O) groups excluding carboxylic acids is 1. The van der Waals surface area contributed by atoms with Crippen LogP contribution in [0.5, 0.6) is 11.5 Å². The van der Waals surface area contributed by atoms with Crippen LogP contribution in [0.2, 0.25) is 0 Å². The van der Waals surface area contributed by atoms with E-state index >= 15 is 0 Å². The van der Waals surface area contributed by atoms with Crippen LogP contribution < -0.4 is 9.47 Å². The van der Waals surface area contributed by atoms with E-state index in [0.29, 0.717) is 18.0 Å². The Morgan fingerprint density at radius 3 is 2.50 bits per heavy atom. The van der Waals surface area contributed by atoms with Crippen molar-refractivity contribution in [2.24, 2.45) is 5.92 Å². The van der Waals surface area contributed by atoms with E-state index in [9.17, 15) is 4.79 Å². The number of ether oxygens (including phenoxy) is 2. The molecule has 1 aromatic rings. The molecule has 0 heterocycles. The summed E-state index contributed by atoms with van der Waals surface area (Å²) in [5, 5.41) is 0. The topological polar surface area (TPSA) is 38.8 Å². The second kappa shape index (κ2) is 7.58. The van der Waals surface area contributed by atoms with Crippen LogP contribution in [0, 0.1) is 5.92 Å². The summed E-state index contributed by atoms with van der Waals surface area (Å²) in [4.78, 5) is 13.8. The van der Waals surface area contributed by atoms with Crippen molar-refractivity contribution >= 4 is 5.91 Å². The number of rotatable bonds is 7. The van der Waals surface area contributed by atoms with Gasteiger partial charge >= 0.3 is 0 Å². The maximum Gasteiger partial charge on any atom is 0.229 e. The molecule has 0 radical (unpaired) electrons. The molecule has 0 aliphatic rings. The summed E-state index contributed by atoms with van der Waals surface area (Å²) in [5.41, 5.74) is 0.971. The van der Waals surface area contributed by atoms with Crippen LogP contribution in [-0.2, 0) is 11.3 Å². The molecule has 0 fully saturated rings. The lowest BCUT2D eigenvalue weighted by molar-refractivity contribution is -0.132. The molecule has 0 spiro atoms. The summed E-state index contributed by atoms with van der Waals surface area (Å²) >= 11 is 0. The molecule has 1 unspecified atom stereocenters. The van der Waals surface area contributed by atoms with Gasteiger partial charge in [0.05, 0.1) is 20.8 Å². The normalized spacial score (nSPS) is 11.6. The first-order valence-electron chi connectivity index (χ1n) is 6.71. The number of benzene rings is 1. The van der Waals surface area contributed by atoms with E-state index in [1.165, 1.54) is 0 Å². The van der Waals surface area contributed by atoms with Gasteiger partial charge in [-0.2, -0.15) is 0 Å². The van der Waals surface area contributed by atoms with Crippen molar-refractivity contribution in [1.29, 1.82) is 0 Å². The second-order valence-electron chi connectivity index (χ2n) is 4.65. The van der Waals surface area contributed by atoms with Crippen molar-refractivity contribution in [3.05, 3.63) is 36.5 Å². The van der Waals surface area contributed by atoms with Crippen LogP contribution in [0.1, 0.15) is 25.8 Å². The van der Waals surface area contributed by atoms with Crippen LogP contribution in [-0.4, -0.2) is 25.0 Å². The molecule has 0 saturated heterocycles. The second-order valence-corrected chi connectivity index (χ2v) is 4.65. The first-order valence-corrected chi connectivity index (χ1v) is 6.71. The zero-order valence-corrected chi connectivity index (χ0v) is 12.7. The van der Waals surface area contributed by atoms with Crippen molar-refractivity contribution < 1.29 is 14.3 Å². The molecule has 1 atom stereocenters. The molecule has 20 heavy (non-hydrogen) atoms. The predicted octanol–water partition coefficient (Wildman–Crippen LogP) is 3.22. The standard InChI is InChI=1S/C16H23NO3/c1-6-12(3)16(18)17(7-2)11-13-8-9-14(19-4)15(10-13)20-5/h7-10,12H,2,6,11H2,1,3-5H3. The molecule has 1 amide bonds. The lowest BCUT2D eigenvalue weighted by Crippen LogP contribution is -2.29. The Balaban J connectivity index is 2.90.